The van der Waals surface area contributed by atoms with Crippen molar-refractivity contribution in [1.29, 1.82) is 0 Å². The highest BCUT2D eigenvalue weighted by Gasteiger charge is 2.26. The normalized spacial score (nSPS) is 14.1. The van der Waals surface area contributed by atoms with Crippen molar-refractivity contribution >= 4 is 0 Å². The van der Waals surface area contributed by atoms with Gasteiger partial charge in [-0.2, -0.15) is 0 Å². The van der Waals surface area contributed by atoms with Gasteiger partial charge in [0.25, 0.3) is 0 Å². The van der Waals surface area contributed by atoms with Crippen LogP contribution >= 0.6 is 0 Å². The standard InChI is InChI=1S/C16H34/c1-6-9-10-11-12-13-14-15(4)16(5,7-2)8-3/h15H,6-14H2,1-5H3. The van der Waals surface area contributed by atoms with E-state index in [0.29, 0.717) is 5.41 Å². The molecule has 0 rings (SSSR count). The van der Waals surface area contributed by atoms with Gasteiger partial charge in [0.15, 0.2) is 0 Å². The van der Waals surface area contributed by atoms with E-state index in [9.17, 15) is 0 Å². The first-order valence-electron chi connectivity index (χ1n) is 7.60. The lowest BCUT2D eigenvalue weighted by atomic mass is 9.72. The topological polar surface area (TPSA) is 0 Å². The first-order chi connectivity index (χ1) is 7.60. The molecule has 0 nitrogen and oxygen atoms in total. The molecule has 0 saturated heterocycles. The molecule has 0 fully saturated rings. The third-order valence-corrected chi connectivity index (χ3v) is 4.80. The number of hydrogen-bond acceptors (Lipinski definition) is 0. The predicted molar refractivity (Wildman–Crippen MR) is 75.8 cm³/mol. The van der Waals surface area contributed by atoms with Crippen LogP contribution in [0, 0.1) is 11.3 Å². The molecule has 0 aromatic heterocycles. The largest absolute Gasteiger partial charge is 0.0654 e. The van der Waals surface area contributed by atoms with Crippen molar-refractivity contribution in [2.75, 3.05) is 0 Å². The Bertz CT molecular complexity index is 144. The Morgan fingerprint density at radius 2 is 1.31 bits per heavy atom. The lowest BCUT2D eigenvalue weighted by molar-refractivity contribution is 0.170. The van der Waals surface area contributed by atoms with E-state index in [0.717, 1.165) is 5.92 Å². The van der Waals surface area contributed by atoms with Crippen LogP contribution in [-0.4, -0.2) is 0 Å². The Kier molecular flexibility index (Phi) is 9.07. The molecule has 0 heterocycles. The summed E-state index contributed by atoms with van der Waals surface area (Å²) in [6, 6.07) is 0. The summed E-state index contributed by atoms with van der Waals surface area (Å²) in [7, 11) is 0. The predicted octanol–water partition coefficient (Wildman–Crippen LogP) is 6.20. The fourth-order valence-electron chi connectivity index (χ4n) is 2.53. The molecular weight excluding hydrogens is 192 g/mol. The van der Waals surface area contributed by atoms with Gasteiger partial charge in [0.1, 0.15) is 0 Å². The second kappa shape index (κ2) is 9.07. The van der Waals surface area contributed by atoms with E-state index in [1.165, 1.54) is 57.8 Å². The number of unbranched alkanes of at least 4 members (excludes halogenated alkanes) is 5. The Morgan fingerprint density at radius 1 is 0.812 bits per heavy atom. The summed E-state index contributed by atoms with van der Waals surface area (Å²) in [5.41, 5.74) is 0.587. The highest BCUT2D eigenvalue weighted by Crippen LogP contribution is 2.37. The van der Waals surface area contributed by atoms with Crippen molar-refractivity contribution in [3.8, 4) is 0 Å². The van der Waals surface area contributed by atoms with E-state index in [2.05, 4.69) is 34.6 Å². The third kappa shape index (κ3) is 5.92. The molecule has 0 aromatic rings. The highest BCUT2D eigenvalue weighted by molar-refractivity contribution is 4.77. The van der Waals surface area contributed by atoms with Gasteiger partial charge in [0.2, 0.25) is 0 Å². The summed E-state index contributed by atoms with van der Waals surface area (Å²) >= 11 is 0. The molecule has 0 spiro atoms. The van der Waals surface area contributed by atoms with Crippen LogP contribution in [0.2, 0.25) is 0 Å². The van der Waals surface area contributed by atoms with E-state index in [1.807, 2.05) is 0 Å². The monoisotopic (exact) mass is 226 g/mol. The Hall–Kier alpha value is 0. The molecule has 16 heavy (non-hydrogen) atoms. The molecule has 98 valence electrons. The van der Waals surface area contributed by atoms with Crippen molar-refractivity contribution in [2.45, 2.75) is 92.4 Å². The molecule has 1 atom stereocenters. The number of hydrogen-bond donors (Lipinski definition) is 0. The molecule has 0 aliphatic rings. The minimum absolute atomic E-state index is 0.587. The molecule has 1 unspecified atom stereocenters. The van der Waals surface area contributed by atoms with Gasteiger partial charge in [-0.25, -0.2) is 0 Å². The summed E-state index contributed by atoms with van der Waals surface area (Å²) in [5.74, 6) is 0.897. The maximum Gasteiger partial charge on any atom is -0.0305 e. The molecule has 0 radical (unpaired) electrons. The van der Waals surface area contributed by atoms with Crippen molar-refractivity contribution in [1.82, 2.24) is 0 Å². The maximum absolute atomic E-state index is 2.47. The van der Waals surface area contributed by atoms with E-state index in [1.54, 1.807) is 0 Å². The first-order valence-corrected chi connectivity index (χ1v) is 7.60. The highest BCUT2D eigenvalue weighted by atomic mass is 14.3. The van der Waals surface area contributed by atoms with Crippen LogP contribution in [0.25, 0.3) is 0 Å². The molecule has 0 bridgehead atoms. The van der Waals surface area contributed by atoms with E-state index >= 15 is 0 Å². The minimum Gasteiger partial charge on any atom is -0.0654 e. The van der Waals surface area contributed by atoms with Crippen LogP contribution in [0.1, 0.15) is 92.4 Å². The molecule has 0 N–H and O–H groups in total. The lowest BCUT2D eigenvalue weighted by Gasteiger charge is -2.34. The van der Waals surface area contributed by atoms with Gasteiger partial charge in [0.05, 0.1) is 0 Å². The van der Waals surface area contributed by atoms with Gasteiger partial charge in [-0.05, 0) is 11.3 Å². The van der Waals surface area contributed by atoms with Gasteiger partial charge in [-0.1, -0.05) is 92.4 Å². The molecule has 0 amide bonds. The molecule has 0 heteroatoms. The lowest BCUT2D eigenvalue weighted by Crippen LogP contribution is -2.23. The molecule has 0 aliphatic carbocycles. The van der Waals surface area contributed by atoms with Crippen LogP contribution < -0.4 is 0 Å². The van der Waals surface area contributed by atoms with Crippen LogP contribution in [0.15, 0.2) is 0 Å². The smallest absolute Gasteiger partial charge is 0.0305 e. The second-order valence-corrected chi connectivity index (χ2v) is 5.82. The first kappa shape index (κ1) is 16.0. The average Bonchev–Trinajstić information content (AvgIpc) is 2.32. The summed E-state index contributed by atoms with van der Waals surface area (Å²) in [6.07, 6.45) is 12.7. The van der Waals surface area contributed by atoms with Gasteiger partial charge in [-0.15, -0.1) is 0 Å². The molecule has 0 aromatic carbocycles. The summed E-state index contributed by atoms with van der Waals surface area (Å²) in [5, 5.41) is 0. The van der Waals surface area contributed by atoms with Gasteiger partial charge >= 0.3 is 0 Å². The zero-order chi connectivity index (χ0) is 12.4. The Morgan fingerprint density at radius 3 is 1.81 bits per heavy atom. The van der Waals surface area contributed by atoms with E-state index in [4.69, 9.17) is 0 Å². The van der Waals surface area contributed by atoms with Gasteiger partial charge < -0.3 is 0 Å². The molecule has 0 saturated carbocycles. The quantitative estimate of drug-likeness (QED) is 0.389. The van der Waals surface area contributed by atoms with E-state index < -0.39 is 0 Å². The van der Waals surface area contributed by atoms with Crippen LogP contribution in [0.5, 0.6) is 0 Å². The zero-order valence-corrected chi connectivity index (χ0v) is 12.4. The van der Waals surface area contributed by atoms with Crippen LogP contribution in [0.3, 0.4) is 0 Å². The summed E-state index contributed by atoms with van der Waals surface area (Å²) in [6.45, 7) is 11.9. The van der Waals surface area contributed by atoms with Gasteiger partial charge in [-0.3, -0.25) is 0 Å². The second-order valence-electron chi connectivity index (χ2n) is 5.82. The SMILES string of the molecule is CCCCCCCCC(C)C(C)(CC)CC. The van der Waals surface area contributed by atoms with Crippen molar-refractivity contribution in [3.63, 3.8) is 0 Å². The summed E-state index contributed by atoms with van der Waals surface area (Å²) in [4.78, 5) is 0. The Labute approximate surface area is 104 Å². The van der Waals surface area contributed by atoms with Crippen LogP contribution in [-0.2, 0) is 0 Å². The third-order valence-electron chi connectivity index (χ3n) is 4.80. The fourth-order valence-corrected chi connectivity index (χ4v) is 2.53. The number of rotatable bonds is 10. The fraction of sp³-hybridized carbons (Fsp3) is 1.00. The van der Waals surface area contributed by atoms with Gasteiger partial charge in [0, 0.05) is 0 Å². The Balaban J connectivity index is 3.60. The van der Waals surface area contributed by atoms with Crippen molar-refractivity contribution in [3.05, 3.63) is 0 Å². The molecular formula is C16H34. The average molecular weight is 226 g/mol. The van der Waals surface area contributed by atoms with Crippen molar-refractivity contribution < 1.29 is 0 Å². The maximum atomic E-state index is 2.47. The molecule has 0 aliphatic heterocycles. The van der Waals surface area contributed by atoms with Crippen molar-refractivity contribution in [2.24, 2.45) is 11.3 Å². The van der Waals surface area contributed by atoms with Crippen LogP contribution in [0.4, 0.5) is 0 Å². The van der Waals surface area contributed by atoms with E-state index in [-0.39, 0.29) is 0 Å². The zero-order valence-electron chi connectivity index (χ0n) is 12.4. The minimum atomic E-state index is 0.587. The summed E-state index contributed by atoms with van der Waals surface area (Å²) < 4.78 is 0.